The van der Waals surface area contributed by atoms with Gasteiger partial charge in [-0.1, -0.05) is 29.2 Å². The first-order chi connectivity index (χ1) is 19.3. The predicted molar refractivity (Wildman–Crippen MR) is 138 cm³/mol. The van der Waals surface area contributed by atoms with Crippen LogP contribution in [0.25, 0.3) is 17.4 Å². The quantitative estimate of drug-likeness (QED) is 0.228. The summed E-state index contributed by atoms with van der Waals surface area (Å²) in [5.74, 6) is -0.381. The number of aliphatic hydroxyl groups excluding tert-OH is 1. The van der Waals surface area contributed by atoms with Crippen LogP contribution in [-0.2, 0) is 23.6 Å². The number of furan rings is 1. The molecule has 2 N–H and O–H groups in total. The maximum absolute atomic E-state index is 13.2. The Morgan fingerprint density at radius 2 is 1.83 bits per heavy atom. The summed E-state index contributed by atoms with van der Waals surface area (Å²) < 4.78 is 85.2. The molecule has 0 bridgehead atoms. The van der Waals surface area contributed by atoms with E-state index in [4.69, 9.17) is 16.6 Å². The molecular weight excluding hydrogens is 598 g/mol. The van der Waals surface area contributed by atoms with E-state index in [1.165, 1.54) is 23.1 Å². The first-order valence-corrected chi connectivity index (χ1v) is 13.3. The van der Waals surface area contributed by atoms with E-state index in [0.717, 1.165) is 11.8 Å². The number of hydrogen-bond donors (Lipinski definition) is 2. The maximum atomic E-state index is 13.2. The molecular formula is C24H20F6N6O3S2. The summed E-state index contributed by atoms with van der Waals surface area (Å²) in [6, 6.07) is 3.72. The Morgan fingerprint density at radius 3 is 2.46 bits per heavy atom. The summed E-state index contributed by atoms with van der Waals surface area (Å²) in [6.45, 7) is 1.65. The van der Waals surface area contributed by atoms with E-state index in [2.05, 4.69) is 20.6 Å². The lowest BCUT2D eigenvalue weighted by Crippen LogP contribution is -2.37. The Labute approximate surface area is 237 Å². The van der Waals surface area contributed by atoms with Crippen LogP contribution < -0.4 is 0 Å². The van der Waals surface area contributed by atoms with Crippen LogP contribution in [0.5, 0.6) is 0 Å². The Bertz CT molecular complexity index is 1440. The van der Waals surface area contributed by atoms with Crippen molar-refractivity contribution < 1.29 is 40.7 Å². The highest BCUT2D eigenvalue weighted by atomic mass is 32.2. The molecule has 41 heavy (non-hydrogen) atoms. The smallest absolute Gasteiger partial charge is 0.416 e. The molecule has 0 saturated carbocycles. The Morgan fingerprint density at radius 1 is 1.12 bits per heavy atom. The number of β-amino-alcohol motifs (C(OH)–C–C–N with tert-alkyl or cyclic N) is 1. The molecule has 17 heteroatoms. The van der Waals surface area contributed by atoms with Gasteiger partial charge in [-0.05, 0) is 30.3 Å². The number of aromatic nitrogens is 4. The van der Waals surface area contributed by atoms with Gasteiger partial charge in [-0.2, -0.15) is 31.6 Å². The Hall–Kier alpha value is -3.28. The van der Waals surface area contributed by atoms with Crippen molar-refractivity contribution in [1.29, 1.82) is 0 Å². The van der Waals surface area contributed by atoms with Crippen LogP contribution in [0.15, 0.2) is 39.7 Å². The number of thioether (sulfide) groups is 1. The normalized spacial score (nSPS) is 21.5. The van der Waals surface area contributed by atoms with E-state index in [1.807, 2.05) is 4.90 Å². The van der Waals surface area contributed by atoms with E-state index in [1.54, 1.807) is 0 Å². The Kier molecular flexibility index (Phi) is 7.97. The first kappa shape index (κ1) is 29.2. The molecule has 0 radical (unpaired) electrons. The fourth-order valence-corrected chi connectivity index (χ4v) is 5.81. The number of hydrogen-bond acceptors (Lipinski definition) is 9. The highest BCUT2D eigenvalue weighted by molar-refractivity contribution is 8.26. The number of aromatic amines is 1. The van der Waals surface area contributed by atoms with Crippen LogP contribution in [-0.4, -0.2) is 78.0 Å². The number of nitrogens with zero attached hydrogens (tertiary/aromatic N) is 5. The molecule has 1 amide bonds. The lowest BCUT2D eigenvalue weighted by molar-refractivity contribution is -0.143. The number of amides is 1. The molecule has 3 aromatic rings. The Balaban J connectivity index is 1.28. The number of nitrogens with one attached hydrogen (secondary N) is 1. The second-order valence-electron chi connectivity index (χ2n) is 9.45. The predicted octanol–water partition coefficient (Wildman–Crippen LogP) is 4.23. The van der Waals surface area contributed by atoms with Gasteiger partial charge in [0, 0.05) is 50.2 Å². The van der Waals surface area contributed by atoms with Crippen molar-refractivity contribution in [3.8, 4) is 11.3 Å². The van der Waals surface area contributed by atoms with Gasteiger partial charge in [-0.25, -0.2) is 0 Å². The highest BCUT2D eigenvalue weighted by Crippen LogP contribution is 2.40. The van der Waals surface area contributed by atoms with Gasteiger partial charge in [0.2, 0.25) is 0 Å². The zero-order chi connectivity index (χ0) is 29.5. The fourth-order valence-electron chi connectivity index (χ4n) is 4.55. The van der Waals surface area contributed by atoms with Crippen molar-refractivity contribution in [2.24, 2.45) is 5.92 Å². The van der Waals surface area contributed by atoms with E-state index < -0.39 is 41.1 Å². The molecule has 2 aliphatic rings. The first-order valence-electron chi connectivity index (χ1n) is 12.1. The molecule has 5 rings (SSSR count). The van der Waals surface area contributed by atoms with Crippen LogP contribution in [0, 0.1) is 5.92 Å². The fraction of sp³-hybridized carbons (Fsp3) is 0.375. The zero-order valence-corrected chi connectivity index (χ0v) is 22.4. The standard InChI is InChI=1S/C24H20F6N6O3S2/c25-23(26,27)14-5-12(6-15(7-14)24(28,29)30)18-2-1-16(39-18)8-19-21(38)36(22(40)41-19)10-13-9-35(11-17(13)37)4-3-20-31-33-34-32-20/h1-2,5-8,13,17,37H,3-4,9-11H2,(H,31,32,33,34)/b19-8-. The SMILES string of the molecule is O=C1/C(=C/c2ccc(-c3cc(C(F)(F)F)cc(C(F)(F)F)c3)o2)SC(=S)N1CC1CN(CCc2nn[nH]n2)CC1O. The molecule has 2 aromatic heterocycles. The second-order valence-corrected chi connectivity index (χ2v) is 11.1. The molecule has 0 spiro atoms. The molecule has 4 heterocycles. The number of thiocarbonyl (C=S) groups is 1. The van der Waals surface area contributed by atoms with E-state index in [0.29, 0.717) is 44.0 Å². The van der Waals surface area contributed by atoms with Crippen molar-refractivity contribution in [2.75, 3.05) is 26.2 Å². The third-order valence-corrected chi connectivity index (χ3v) is 7.96. The average molecular weight is 619 g/mol. The summed E-state index contributed by atoms with van der Waals surface area (Å²) in [4.78, 5) is 16.6. The summed E-state index contributed by atoms with van der Waals surface area (Å²) in [7, 11) is 0. The number of carbonyl (C=O) groups is 1. The van der Waals surface area contributed by atoms with Crippen molar-refractivity contribution in [2.45, 2.75) is 24.9 Å². The molecule has 9 nitrogen and oxygen atoms in total. The van der Waals surface area contributed by atoms with E-state index in [9.17, 15) is 36.2 Å². The molecule has 0 aliphatic carbocycles. The van der Waals surface area contributed by atoms with Gasteiger partial charge >= 0.3 is 12.4 Å². The summed E-state index contributed by atoms with van der Waals surface area (Å²) >= 11 is 6.34. The van der Waals surface area contributed by atoms with Gasteiger partial charge < -0.3 is 9.52 Å². The van der Waals surface area contributed by atoms with Gasteiger partial charge in [-0.3, -0.25) is 14.6 Å². The van der Waals surface area contributed by atoms with Crippen molar-refractivity contribution in [3.63, 3.8) is 0 Å². The maximum Gasteiger partial charge on any atom is 0.416 e. The van der Waals surface area contributed by atoms with E-state index >= 15 is 0 Å². The number of alkyl halides is 6. The number of likely N-dealkylation sites (tertiary alicyclic amines) is 1. The molecule has 2 unspecified atom stereocenters. The number of halogens is 6. The minimum absolute atomic E-state index is 0.0348. The van der Waals surface area contributed by atoms with Crippen molar-refractivity contribution in [3.05, 3.63) is 57.9 Å². The molecule has 2 aliphatic heterocycles. The topological polar surface area (TPSA) is 111 Å². The minimum atomic E-state index is -5.00. The van der Waals surface area contributed by atoms with Crippen LogP contribution in [0.2, 0.25) is 0 Å². The molecule has 2 saturated heterocycles. The number of benzene rings is 1. The number of H-pyrrole nitrogens is 1. The van der Waals surface area contributed by atoms with Crippen LogP contribution >= 0.6 is 24.0 Å². The molecule has 218 valence electrons. The number of aliphatic hydroxyl groups is 1. The van der Waals surface area contributed by atoms with Crippen LogP contribution in [0.1, 0.15) is 22.7 Å². The third-order valence-electron chi connectivity index (χ3n) is 6.59. The summed E-state index contributed by atoms with van der Waals surface area (Å²) in [5.41, 5.74) is -3.36. The summed E-state index contributed by atoms with van der Waals surface area (Å²) in [6.07, 6.45) is -8.85. The molecule has 1 aromatic carbocycles. The van der Waals surface area contributed by atoms with Gasteiger partial charge in [0.25, 0.3) is 5.91 Å². The largest absolute Gasteiger partial charge is 0.457 e. The lowest BCUT2D eigenvalue weighted by atomic mass is 10.0. The number of rotatable bonds is 7. The second kappa shape index (κ2) is 11.2. The highest BCUT2D eigenvalue weighted by Gasteiger charge is 2.39. The molecule has 2 atom stereocenters. The van der Waals surface area contributed by atoms with Gasteiger partial charge in [-0.15, -0.1) is 10.2 Å². The van der Waals surface area contributed by atoms with Crippen molar-refractivity contribution in [1.82, 2.24) is 30.4 Å². The van der Waals surface area contributed by atoms with Crippen LogP contribution in [0.3, 0.4) is 0 Å². The van der Waals surface area contributed by atoms with Gasteiger partial charge in [0.15, 0.2) is 5.82 Å². The summed E-state index contributed by atoms with van der Waals surface area (Å²) in [5, 5.41) is 24.2. The minimum Gasteiger partial charge on any atom is -0.457 e. The average Bonchev–Trinajstić information content (AvgIpc) is 3.69. The third kappa shape index (κ3) is 6.63. The monoisotopic (exact) mass is 618 g/mol. The van der Waals surface area contributed by atoms with E-state index in [-0.39, 0.29) is 39.3 Å². The number of tetrazole rings is 1. The van der Waals surface area contributed by atoms with Crippen LogP contribution in [0.4, 0.5) is 26.3 Å². The zero-order valence-electron chi connectivity index (χ0n) is 20.7. The van der Waals surface area contributed by atoms with Crippen molar-refractivity contribution >= 4 is 40.3 Å². The van der Waals surface area contributed by atoms with Gasteiger partial charge in [0.1, 0.15) is 15.8 Å². The lowest BCUT2D eigenvalue weighted by Gasteiger charge is -2.21. The van der Waals surface area contributed by atoms with Gasteiger partial charge in [0.05, 0.1) is 22.1 Å². The number of carbonyl (C=O) groups excluding carboxylic acids is 1. The molecule has 2 fully saturated rings.